The van der Waals surface area contributed by atoms with Crippen LogP contribution in [0, 0.1) is 0 Å². The largest absolute Gasteiger partial charge is 0.417 e. The van der Waals surface area contributed by atoms with Crippen LogP contribution < -0.4 is 5.32 Å². The first-order valence-corrected chi connectivity index (χ1v) is 7.37. The molecule has 0 aliphatic carbocycles. The molecule has 0 aromatic heterocycles. The summed E-state index contributed by atoms with van der Waals surface area (Å²) in [5.41, 5.74) is -3.05. The maximum absolute atomic E-state index is 12.6. The molecule has 0 heterocycles. The third-order valence-electron chi connectivity index (χ3n) is 3.14. The normalized spacial score (nSPS) is 14.0. The van der Waals surface area contributed by atoms with Crippen molar-refractivity contribution >= 4 is 40.7 Å². The number of hydrogen-bond acceptors (Lipinski definition) is 3. The van der Waals surface area contributed by atoms with Gasteiger partial charge >= 0.3 is 6.18 Å². The molecule has 0 spiro atoms. The second kappa shape index (κ2) is 7.58. The van der Waals surface area contributed by atoms with Gasteiger partial charge in [-0.25, -0.2) is 0 Å². The van der Waals surface area contributed by atoms with Crippen LogP contribution in [0.25, 0.3) is 0 Å². The summed E-state index contributed by atoms with van der Waals surface area (Å²) in [7, 11) is 1.14. The van der Waals surface area contributed by atoms with Gasteiger partial charge in [0.15, 0.2) is 5.60 Å². The predicted octanol–water partition coefficient (Wildman–Crippen LogP) is 3.09. The van der Waals surface area contributed by atoms with Gasteiger partial charge in [0, 0.05) is 7.05 Å². The average Bonchev–Trinajstić information content (AvgIpc) is 2.41. The smallest absolute Gasteiger partial charge is 0.380 e. The predicted molar refractivity (Wildman–Crippen MR) is 84.0 cm³/mol. The van der Waals surface area contributed by atoms with Crippen molar-refractivity contribution in [2.24, 2.45) is 0 Å². The standard InChI is InChI=1S/C14H15Cl2F3N2O3/c1-13(24,14(17,18)19)6-11(23)21(2)7-10(22)20-12-8(15)4-3-5-9(12)16/h3-5,24H,6-7H2,1-2H3,(H,20,22)/t13-/m0/s1. The Labute approximate surface area is 146 Å². The molecule has 10 heteroatoms. The molecule has 5 nitrogen and oxygen atoms in total. The van der Waals surface area contributed by atoms with Crippen LogP contribution in [0.1, 0.15) is 13.3 Å². The lowest BCUT2D eigenvalue weighted by Gasteiger charge is -2.27. The van der Waals surface area contributed by atoms with Crippen LogP contribution in [0.2, 0.25) is 10.0 Å². The molecule has 0 aliphatic rings. The summed E-state index contributed by atoms with van der Waals surface area (Å²) in [6, 6.07) is 4.53. The zero-order valence-corrected chi connectivity index (χ0v) is 14.3. The molecule has 24 heavy (non-hydrogen) atoms. The fourth-order valence-corrected chi connectivity index (χ4v) is 2.12. The Hall–Kier alpha value is -1.51. The van der Waals surface area contributed by atoms with E-state index in [1.54, 1.807) is 6.07 Å². The van der Waals surface area contributed by atoms with Gasteiger partial charge in [0.1, 0.15) is 0 Å². The van der Waals surface area contributed by atoms with Gasteiger partial charge in [-0.1, -0.05) is 29.3 Å². The van der Waals surface area contributed by atoms with E-state index in [1.807, 2.05) is 0 Å². The molecular formula is C14H15Cl2F3N2O3. The highest BCUT2D eigenvalue weighted by Gasteiger charge is 2.51. The Morgan fingerprint density at radius 1 is 1.25 bits per heavy atom. The summed E-state index contributed by atoms with van der Waals surface area (Å²) in [4.78, 5) is 24.4. The molecule has 0 fully saturated rings. The van der Waals surface area contributed by atoms with E-state index < -0.39 is 36.6 Å². The van der Waals surface area contributed by atoms with Gasteiger partial charge in [-0.05, 0) is 19.1 Å². The second-order valence-corrected chi connectivity index (χ2v) is 6.16. The van der Waals surface area contributed by atoms with E-state index in [2.05, 4.69) is 5.32 Å². The van der Waals surface area contributed by atoms with Crippen molar-refractivity contribution in [1.82, 2.24) is 4.90 Å². The number of para-hydroxylation sites is 1. The third kappa shape index (κ3) is 5.25. The Kier molecular flexibility index (Phi) is 6.49. The van der Waals surface area contributed by atoms with E-state index in [0.717, 1.165) is 11.9 Å². The molecule has 0 radical (unpaired) electrons. The number of carbonyl (C=O) groups excluding carboxylic acids is 2. The quantitative estimate of drug-likeness (QED) is 0.816. The topological polar surface area (TPSA) is 69.6 Å². The van der Waals surface area contributed by atoms with Gasteiger partial charge in [0.2, 0.25) is 11.8 Å². The van der Waals surface area contributed by atoms with Crippen LogP contribution in [0.5, 0.6) is 0 Å². The molecule has 0 unspecified atom stereocenters. The first-order valence-electron chi connectivity index (χ1n) is 6.62. The van der Waals surface area contributed by atoms with Crippen molar-refractivity contribution in [1.29, 1.82) is 0 Å². The minimum atomic E-state index is -4.96. The van der Waals surface area contributed by atoms with Crippen LogP contribution in [0.15, 0.2) is 18.2 Å². The third-order valence-corrected chi connectivity index (χ3v) is 3.77. The number of carbonyl (C=O) groups is 2. The Morgan fingerprint density at radius 2 is 1.75 bits per heavy atom. The van der Waals surface area contributed by atoms with Gasteiger partial charge in [-0.2, -0.15) is 13.2 Å². The molecule has 134 valence electrons. The van der Waals surface area contributed by atoms with Crippen molar-refractivity contribution in [3.8, 4) is 0 Å². The van der Waals surface area contributed by atoms with Gasteiger partial charge in [-0.3, -0.25) is 9.59 Å². The lowest BCUT2D eigenvalue weighted by atomic mass is 10.0. The lowest BCUT2D eigenvalue weighted by Crippen LogP contribution is -2.47. The molecule has 0 aliphatic heterocycles. The number of nitrogens with zero attached hydrogens (tertiary/aromatic N) is 1. The molecule has 0 bridgehead atoms. The summed E-state index contributed by atoms with van der Waals surface area (Å²) in [6.07, 6.45) is -6.16. The highest BCUT2D eigenvalue weighted by Crippen LogP contribution is 2.33. The van der Waals surface area contributed by atoms with Crippen LogP contribution in [0.4, 0.5) is 18.9 Å². The Bertz CT molecular complexity index is 616. The van der Waals surface area contributed by atoms with E-state index in [0.29, 0.717) is 6.92 Å². The maximum atomic E-state index is 12.6. The monoisotopic (exact) mass is 386 g/mol. The summed E-state index contributed by atoms with van der Waals surface area (Å²) < 4.78 is 37.7. The van der Waals surface area contributed by atoms with E-state index in [9.17, 15) is 27.9 Å². The molecule has 0 saturated heterocycles. The molecule has 0 saturated carbocycles. The van der Waals surface area contributed by atoms with Crippen molar-refractivity contribution in [2.75, 3.05) is 18.9 Å². The SMILES string of the molecule is CN(CC(=O)Nc1c(Cl)cccc1Cl)C(=O)C[C@](C)(O)C(F)(F)F. The summed E-state index contributed by atoms with van der Waals surface area (Å²) >= 11 is 11.7. The minimum Gasteiger partial charge on any atom is -0.380 e. The van der Waals surface area contributed by atoms with Crippen molar-refractivity contribution in [3.63, 3.8) is 0 Å². The van der Waals surface area contributed by atoms with E-state index >= 15 is 0 Å². The molecule has 1 aromatic rings. The van der Waals surface area contributed by atoms with Crippen molar-refractivity contribution < 1.29 is 27.9 Å². The van der Waals surface area contributed by atoms with Crippen LogP contribution in [-0.2, 0) is 9.59 Å². The number of likely N-dealkylation sites (N-methyl/N-ethyl adjacent to an activating group) is 1. The van der Waals surface area contributed by atoms with Gasteiger partial charge in [-0.15, -0.1) is 0 Å². The Balaban J connectivity index is 2.69. The molecule has 1 aromatic carbocycles. The highest BCUT2D eigenvalue weighted by atomic mass is 35.5. The second-order valence-electron chi connectivity index (χ2n) is 5.34. The summed E-state index contributed by atoms with van der Waals surface area (Å²) in [5.74, 6) is -1.75. The number of nitrogens with one attached hydrogen (secondary N) is 1. The van der Waals surface area contributed by atoms with Crippen molar-refractivity contribution in [2.45, 2.75) is 25.1 Å². The maximum Gasteiger partial charge on any atom is 0.417 e. The molecular weight excluding hydrogens is 372 g/mol. The Morgan fingerprint density at radius 3 is 2.21 bits per heavy atom. The molecule has 2 N–H and O–H groups in total. The van der Waals surface area contributed by atoms with Crippen LogP contribution >= 0.6 is 23.2 Å². The number of amides is 2. The number of hydrogen-bond donors (Lipinski definition) is 2. The van der Waals surface area contributed by atoms with E-state index in [4.69, 9.17) is 23.2 Å². The molecule has 2 amide bonds. The van der Waals surface area contributed by atoms with Crippen LogP contribution in [-0.4, -0.2) is 47.2 Å². The highest BCUT2D eigenvalue weighted by molar-refractivity contribution is 6.39. The van der Waals surface area contributed by atoms with E-state index in [1.165, 1.54) is 12.1 Å². The van der Waals surface area contributed by atoms with E-state index in [-0.39, 0.29) is 15.7 Å². The zero-order valence-electron chi connectivity index (χ0n) is 12.7. The zero-order chi connectivity index (χ0) is 18.7. The fraction of sp³-hybridized carbons (Fsp3) is 0.429. The van der Waals surface area contributed by atoms with Gasteiger partial charge in [0.25, 0.3) is 0 Å². The number of rotatable bonds is 5. The molecule has 1 atom stereocenters. The van der Waals surface area contributed by atoms with Crippen LogP contribution in [0.3, 0.4) is 0 Å². The minimum absolute atomic E-state index is 0.133. The fourth-order valence-electron chi connectivity index (χ4n) is 1.63. The number of alkyl halides is 3. The number of anilines is 1. The van der Waals surface area contributed by atoms with Crippen molar-refractivity contribution in [3.05, 3.63) is 28.2 Å². The van der Waals surface area contributed by atoms with Gasteiger partial charge in [0.05, 0.1) is 28.7 Å². The summed E-state index contributed by atoms with van der Waals surface area (Å²) in [6.45, 7) is -0.0450. The average molecular weight is 387 g/mol. The first-order chi connectivity index (χ1) is 10.8. The molecule has 1 rings (SSSR count). The number of benzene rings is 1. The lowest BCUT2D eigenvalue weighted by molar-refractivity contribution is -0.254. The first kappa shape index (κ1) is 20.5. The number of halogens is 5. The summed E-state index contributed by atoms with van der Waals surface area (Å²) in [5, 5.41) is 12.0. The number of aliphatic hydroxyl groups is 1. The van der Waals surface area contributed by atoms with Gasteiger partial charge < -0.3 is 15.3 Å².